The maximum absolute atomic E-state index is 15.3. The molecule has 1 nitrogen and oxygen atoms in total. The van der Waals surface area contributed by atoms with Gasteiger partial charge in [0.15, 0.2) is 23.2 Å². The molecule has 0 aliphatic heterocycles. The molecule has 5 heteroatoms. The van der Waals surface area contributed by atoms with Crippen LogP contribution in [-0.4, -0.2) is 6.61 Å². The highest BCUT2D eigenvalue weighted by molar-refractivity contribution is 5.74. The first-order valence-electron chi connectivity index (χ1n) is 15.4. The first-order chi connectivity index (χ1) is 20.4. The smallest absolute Gasteiger partial charge is 0.201 e. The van der Waals surface area contributed by atoms with Gasteiger partial charge in [-0.05, 0) is 67.4 Å². The van der Waals surface area contributed by atoms with E-state index >= 15 is 8.78 Å². The Morgan fingerprint density at radius 3 is 1.98 bits per heavy atom. The average Bonchev–Trinajstić information content (AvgIpc) is 3.01. The van der Waals surface area contributed by atoms with E-state index in [4.69, 9.17) is 4.74 Å². The van der Waals surface area contributed by atoms with Crippen LogP contribution in [0, 0.1) is 29.2 Å². The molecule has 1 aliphatic carbocycles. The van der Waals surface area contributed by atoms with Crippen molar-refractivity contribution in [3.63, 3.8) is 0 Å². The normalized spacial score (nSPS) is 15.3. The number of allylic oxidation sites excluding steroid dienone is 3. The Morgan fingerprint density at radius 2 is 1.33 bits per heavy atom. The molecule has 224 valence electrons. The minimum Gasteiger partial charge on any atom is -0.490 e. The molecular formula is C37H42F4O. The van der Waals surface area contributed by atoms with Crippen molar-refractivity contribution in [3.8, 4) is 28.0 Å². The molecule has 0 amide bonds. The molecule has 0 spiro atoms. The van der Waals surface area contributed by atoms with Crippen LogP contribution in [-0.2, 0) is 0 Å². The minimum absolute atomic E-state index is 0.0703. The summed E-state index contributed by atoms with van der Waals surface area (Å²) in [5, 5.41) is 0. The van der Waals surface area contributed by atoms with Crippen LogP contribution in [0.5, 0.6) is 5.75 Å². The number of benzene rings is 3. The summed E-state index contributed by atoms with van der Waals surface area (Å²) in [5.74, 6) is -3.32. The molecular weight excluding hydrogens is 536 g/mol. The van der Waals surface area contributed by atoms with Crippen molar-refractivity contribution in [2.45, 2.75) is 84.5 Å². The lowest BCUT2D eigenvalue weighted by Gasteiger charge is -2.23. The Morgan fingerprint density at radius 1 is 0.738 bits per heavy atom. The third-order valence-electron chi connectivity index (χ3n) is 8.25. The van der Waals surface area contributed by atoms with E-state index in [0.717, 1.165) is 24.8 Å². The Kier molecular flexibility index (Phi) is 11.9. The fourth-order valence-electron chi connectivity index (χ4n) is 5.73. The lowest BCUT2D eigenvalue weighted by molar-refractivity contribution is 0.301. The highest BCUT2D eigenvalue weighted by Crippen LogP contribution is 2.37. The Labute approximate surface area is 248 Å². The van der Waals surface area contributed by atoms with Crippen LogP contribution in [0.15, 0.2) is 66.8 Å². The van der Waals surface area contributed by atoms with E-state index in [-0.39, 0.29) is 23.5 Å². The zero-order valence-corrected chi connectivity index (χ0v) is 24.8. The molecule has 42 heavy (non-hydrogen) atoms. The number of hydrogen-bond acceptors (Lipinski definition) is 1. The van der Waals surface area contributed by atoms with E-state index in [0.29, 0.717) is 29.0 Å². The van der Waals surface area contributed by atoms with Crippen molar-refractivity contribution < 1.29 is 22.3 Å². The van der Waals surface area contributed by atoms with Gasteiger partial charge in [-0.3, -0.25) is 0 Å². The fourth-order valence-corrected chi connectivity index (χ4v) is 5.73. The third kappa shape index (κ3) is 7.93. The van der Waals surface area contributed by atoms with Gasteiger partial charge in [0.05, 0.1) is 6.61 Å². The fraction of sp³-hybridized carbons (Fsp3) is 0.405. The second-order valence-electron chi connectivity index (χ2n) is 11.2. The van der Waals surface area contributed by atoms with Gasteiger partial charge in [-0.15, -0.1) is 0 Å². The molecule has 0 N–H and O–H groups in total. The summed E-state index contributed by atoms with van der Waals surface area (Å²) < 4.78 is 65.3. The molecule has 3 aromatic carbocycles. The first-order valence-corrected chi connectivity index (χ1v) is 15.4. The lowest BCUT2D eigenvalue weighted by Crippen LogP contribution is -2.07. The van der Waals surface area contributed by atoms with Crippen LogP contribution in [0.3, 0.4) is 0 Å². The maximum atomic E-state index is 15.3. The predicted molar refractivity (Wildman–Crippen MR) is 165 cm³/mol. The van der Waals surface area contributed by atoms with E-state index < -0.39 is 23.3 Å². The van der Waals surface area contributed by atoms with E-state index in [9.17, 15) is 8.78 Å². The van der Waals surface area contributed by atoms with Crippen molar-refractivity contribution in [2.24, 2.45) is 5.92 Å². The average molecular weight is 579 g/mol. The number of unbranched alkanes of at least 4 members (excludes halogenated alkanes) is 5. The molecule has 1 aliphatic rings. The summed E-state index contributed by atoms with van der Waals surface area (Å²) in [6.07, 6.45) is 18.0. The van der Waals surface area contributed by atoms with Crippen molar-refractivity contribution in [1.29, 1.82) is 0 Å². The SMILES string of the molecule is C/C=C\CCOc1ccc(-c2ccc(-c3ccc(C4=CCC(CCCCCCCC)CC4)c(F)c3F)cc2)c(F)c1F. The lowest BCUT2D eigenvalue weighted by atomic mass is 9.83. The van der Waals surface area contributed by atoms with Crippen molar-refractivity contribution in [3.05, 3.63) is 95.6 Å². The maximum Gasteiger partial charge on any atom is 0.201 e. The molecule has 3 aromatic rings. The summed E-state index contributed by atoms with van der Waals surface area (Å²) in [5.41, 5.74) is 2.30. The van der Waals surface area contributed by atoms with Crippen molar-refractivity contribution in [2.75, 3.05) is 6.61 Å². The highest BCUT2D eigenvalue weighted by atomic mass is 19.2. The van der Waals surface area contributed by atoms with E-state index in [1.807, 2.05) is 19.1 Å². The summed E-state index contributed by atoms with van der Waals surface area (Å²) in [6.45, 7) is 4.35. The van der Waals surface area contributed by atoms with Crippen molar-refractivity contribution >= 4 is 5.57 Å². The first kappa shape index (κ1) is 31.6. The summed E-state index contributed by atoms with van der Waals surface area (Å²) in [6, 6.07) is 12.5. The van der Waals surface area contributed by atoms with Gasteiger partial charge in [0.2, 0.25) is 5.82 Å². The molecule has 0 saturated heterocycles. The largest absolute Gasteiger partial charge is 0.490 e. The highest BCUT2D eigenvalue weighted by Gasteiger charge is 2.21. The Bertz CT molecular complexity index is 1370. The monoisotopic (exact) mass is 578 g/mol. The molecule has 1 unspecified atom stereocenters. The van der Waals surface area contributed by atoms with E-state index in [1.165, 1.54) is 57.1 Å². The van der Waals surface area contributed by atoms with Gasteiger partial charge in [-0.25, -0.2) is 13.2 Å². The summed E-state index contributed by atoms with van der Waals surface area (Å²) in [4.78, 5) is 0. The van der Waals surface area contributed by atoms with Gasteiger partial charge in [0, 0.05) is 16.7 Å². The summed E-state index contributed by atoms with van der Waals surface area (Å²) in [7, 11) is 0. The second kappa shape index (κ2) is 15.8. The number of ether oxygens (including phenoxy) is 1. The molecule has 0 aromatic heterocycles. The van der Waals surface area contributed by atoms with Crippen LogP contribution < -0.4 is 4.74 Å². The topological polar surface area (TPSA) is 9.23 Å². The molecule has 0 heterocycles. The molecule has 0 saturated carbocycles. The predicted octanol–water partition coefficient (Wildman–Crippen LogP) is 11.9. The molecule has 0 radical (unpaired) electrons. The standard InChI is InChI=1S/C37H42F4O/c1-3-5-7-8-9-10-12-26-13-15-27(16-14-26)30-21-22-31(35(39)34(30)38)28-17-19-29(20-18-28)32-23-24-33(37(41)36(32)40)42-25-11-6-4-2/h4,6,15,17-24,26H,3,5,7-14,16,25H2,1-2H3/b6-4-. The van der Waals surface area contributed by atoms with Crippen LogP contribution in [0.2, 0.25) is 0 Å². The van der Waals surface area contributed by atoms with E-state index in [2.05, 4.69) is 13.0 Å². The van der Waals surface area contributed by atoms with Gasteiger partial charge in [-0.1, -0.05) is 106 Å². The number of halogens is 4. The van der Waals surface area contributed by atoms with Crippen LogP contribution >= 0.6 is 0 Å². The zero-order valence-electron chi connectivity index (χ0n) is 24.8. The molecule has 1 atom stereocenters. The molecule has 4 rings (SSSR count). The Hall–Kier alpha value is -3.34. The Balaban J connectivity index is 1.41. The van der Waals surface area contributed by atoms with Crippen LogP contribution in [0.25, 0.3) is 27.8 Å². The van der Waals surface area contributed by atoms with Gasteiger partial charge in [-0.2, -0.15) is 4.39 Å². The van der Waals surface area contributed by atoms with Crippen LogP contribution in [0.1, 0.15) is 90.0 Å². The second-order valence-corrected chi connectivity index (χ2v) is 11.2. The minimum atomic E-state index is -1.05. The molecule has 0 bridgehead atoms. The number of hydrogen-bond donors (Lipinski definition) is 0. The van der Waals surface area contributed by atoms with Crippen LogP contribution in [0.4, 0.5) is 17.6 Å². The van der Waals surface area contributed by atoms with Gasteiger partial charge in [0.1, 0.15) is 0 Å². The zero-order chi connectivity index (χ0) is 29.9. The molecule has 0 fully saturated rings. The third-order valence-corrected chi connectivity index (χ3v) is 8.25. The van der Waals surface area contributed by atoms with Gasteiger partial charge >= 0.3 is 0 Å². The van der Waals surface area contributed by atoms with Gasteiger partial charge in [0.25, 0.3) is 0 Å². The van der Waals surface area contributed by atoms with E-state index in [1.54, 1.807) is 36.4 Å². The quantitative estimate of drug-likeness (QED) is 0.105. The summed E-state index contributed by atoms with van der Waals surface area (Å²) >= 11 is 0. The number of rotatable bonds is 14. The van der Waals surface area contributed by atoms with Crippen molar-refractivity contribution in [1.82, 2.24) is 0 Å². The van der Waals surface area contributed by atoms with Gasteiger partial charge < -0.3 is 4.74 Å².